The zero-order valence-electron chi connectivity index (χ0n) is 14.1. The van der Waals surface area contributed by atoms with Gasteiger partial charge in [-0.25, -0.2) is 0 Å². The van der Waals surface area contributed by atoms with E-state index < -0.39 is 29.1 Å². The van der Waals surface area contributed by atoms with Crippen LogP contribution in [0.1, 0.15) is 11.1 Å². The lowest BCUT2D eigenvalue weighted by Crippen LogP contribution is -2.42. The van der Waals surface area contributed by atoms with Crippen molar-refractivity contribution in [2.45, 2.75) is 18.6 Å². The Morgan fingerprint density at radius 2 is 1.63 bits per heavy atom. The number of carbonyl (C=O) groups is 1. The number of nitrogens with zero attached hydrogens (tertiary/aromatic N) is 1. The fourth-order valence-electron chi connectivity index (χ4n) is 2.93. The summed E-state index contributed by atoms with van der Waals surface area (Å²) in [6.45, 7) is 0. The molecule has 1 heterocycles. The van der Waals surface area contributed by atoms with E-state index in [-0.39, 0.29) is 12.1 Å². The number of benzene rings is 2. The van der Waals surface area contributed by atoms with E-state index in [2.05, 4.69) is 5.32 Å². The van der Waals surface area contributed by atoms with Crippen LogP contribution in [0.2, 0.25) is 0 Å². The molecule has 0 radical (unpaired) electrons. The largest absolute Gasteiger partial charge is 0.417 e. The summed E-state index contributed by atoms with van der Waals surface area (Å²) in [5, 5.41) is 12.2. The molecule has 2 aromatic rings. The van der Waals surface area contributed by atoms with Gasteiger partial charge >= 0.3 is 6.18 Å². The van der Waals surface area contributed by atoms with E-state index >= 15 is 0 Å². The SMILES string of the molecule is N#CC1=C(C(F)(F)F)C=C(c2ccccc2)NC1C(=O)Cc1ccccc1. The van der Waals surface area contributed by atoms with Gasteiger partial charge in [0.1, 0.15) is 6.04 Å². The molecule has 3 rings (SSSR count). The first-order valence-electron chi connectivity index (χ1n) is 8.22. The van der Waals surface area contributed by atoms with Crippen LogP contribution in [-0.4, -0.2) is 18.0 Å². The van der Waals surface area contributed by atoms with Crippen LogP contribution in [0.15, 0.2) is 77.9 Å². The molecular weight excluding hydrogens is 353 g/mol. The van der Waals surface area contributed by atoms with E-state index in [1.807, 2.05) is 0 Å². The maximum absolute atomic E-state index is 13.5. The maximum atomic E-state index is 13.5. The predicted octanol–water partition coefficient (Wildman–Crippen LogP) is 4.19. The molecule has 136 valence electrons. The number of rotatable bonds is 4. The lowest BCUT2D eigenvalue weighted by Gasteiger charge is -2.27. The number of alkyl halides is 3. The molecule has 0 spiro atoms. The summed E-state index contributed by atoms with van der Waals surface area (Å²) in [5.74, 6) is -0.499. The predicted molar refractivity (Wildman–Crippen MR) is 95.2 cm³/mol. The molecule has 0 aromatic heterocycles. The molecular formula is C21H15F3N2O. The van der Waals surface area contributed by atoms with E-state index in [0.717, 1.165) is 6.08 Å². The van der Waals surface area contributed by atoms with Crippen molar-refractivity contribution < 1.29 is 18.0 Å². The molecule has 1 unspecified atom stereocenters. The molecule has 3 nitrogen and oxygen atoms in total. The van der Waals surface area contributed by atoms with Crippen LogP contribution < -0.4 is 5.32 Å². The second kappa shape index (κ2) is 7.50. The Hall–Kier alpha value is -3.33. The number of nitriles is 1. The Morgan fingerprint density at radius 1 is 1.04 bits per heavy atom. The molecule has 1 atom stereocenters. The van der Waals surface area contributed by atoms with Crippen LogP contribution in [0.3, 0.4) is 0 Å². The average molecular weight is 368 g/mol. The van der Waals surface area contributed by atoms with Gasteiger partial charge in [0.05, 0.1) is 17.2 Å². The minimum atomic E-state index is -4.74. The lowest BCUT2D eigenvalue weighted by atomic mass is 9.89. The van der Waals surface area contributed by atoms with Gasteiger partial charge in [-0.3, -0.25) is 4.79 Å². The average Bonchev–Trinajstić information content (AvgIpc) is 2.67. The normalized spacial score (nSPS) is 17.0. The molecule has 1 aliphatic heterocycles. The standard InChI is InChI=1S/C21H15F3N2O/c22-21(23,24)17-12-18(15-9-5-2-6-10-15)26-20(16(17)13-25)19(27)11-14-7-3-1-4-8-14/h1-10,12,20,26H,11H2. The number of hydrogen-bond donors (Lipinski definition) is 1. The van der Waals surface area contributed by atoms with Gasteiger partial charge in [-0.05, 0) is 17.2 Å². The van der Waals surface area contributed by atoms with Crippen molar-refractivity contribution in [1.29, 1.82) is 5.26 Å². The van der Waals surface area contributed by atoms with Gasteiger partial charge in [0, 0.05) is 12.1 Å². The zero-order chi connectivity index (χ0) is 19.4. The number of allylic oxidation sites excluding steroid dienone is 2. The number of halogens is 3. The van der Waals surface area contributed by atoms with Gasteiger partial charge in [-0.1, -0.05) is 60.7 Å². The van der Waals surface area contributed by atoms with Crippen molar-refractivity contribution in [3.63, 3.8) is 0 Å². The zero-order valence-corrected chi connectivity index (χ0v) is 14.1. The van der Waals surface area contributed by atoms with Gasteiger partial charge in [0.15, 0.2) is 5.78 Å². The molecule has 27 heavy (non-hydrogen) atoms. The molecule has 2 aromatic carbocycles. The second-order valence-corrected chi connectivity index (χ2v) is 6.07. The number of ketones is 1. The topological polar surface area (TPSA) is 52.9 Å². The smallest absolute Gasteiger partial charge is 0.371 e. The molecule has 1 N–H and O–H groups in total. The van der Waals surface area contributed by atoms with E-state index in [4.69, 9.17) is 0 Å². The molecule has 6 heteroatoms. The molecule has 0 aliphatic carbocycles. The fourth-order valence-corrected chi connectivity index (χ4v) is 2.93. The van der Waals surface area contributed by atoms with Crippen molar-refractivity contribution >= 4 is 11.5 Å². The summed E-state index contributed by atoms with van der Waals surface area (Å²) in [5.41, 5.74) is -0.356. The Kier molecular flexibility index (Phi) is 5.13. The summed E-state index contributed by atoms with van der Waals surface area (Å²) in [6, 6.07) is 17.3. The molecule has 0 saturated carbocycles. The Labute approximate surface area is 154 Å². The van der Waals surface area contributed by atoms with E-state index in [0.29, 0.717) is 11.1 Å². The van der Waals surface area contributed by atoms with Crippen molar-refractivity contribution in [3.05, 3.63) is 89.0 Å². The highest BCUT2D eigenvalue weighted by atomic mass is 19.4. The Balaban J connectivity index is 2.03. The highest BCUT2D eigenvalue weighted by Gasteiger charge is 2.41. The minimum Gasteiger partial charge on any atom is -0.371 e. The highest BCUT2D eigenvalue weighted by molar-refractivity contribution is 5.93. The first kappa shape index (κ1) is 18.5. The van der Waals surface area contributed by atoms with Crippen molar-refractivity contribution in [1.82, 2.24) is 5.32 Å². The van der Waals surface area contributed by atoms with E-state index in [9.17, 15) is 23.2 Å². The van der Waals surface area contributed by atoms with Gasteiger partial charge in [-0.15, -0.1) is 0 Å². The van der Waals surface area contributed by atoms with Crippen LogP contribution >= 0.6 is 0 Å². The monoisotopic (exact) mass is 368 g/mol. The molecule has 0 bridgehead atoms. The summed E-state index contributed by atoms with van der Waals surface area (Å²) in [7, 11) is 0. The number of dihydropyridines is 1. The van der Waals surface area contributed by atoms with Crippen LogP contribution in [0.4, 0.5) is 13.2 Å². The third-order valence-electron chi connectivity index (χ3n) is 4.22. The fraction of sp³-hybridized carbons (Fsp3) is 0.143. The Bertz CT molecular complexity index is 939. The van der Waals surface area contributed by atoms with Gasteiger partial charge in [-0.2, -0.15) is 18.4 Å². The molecule has 1 aliphatic rings. The van der Waals surface area contributed by atoms with Gasteiger partial charge < -0.3 is 5.32 Å². The molecule has 0 saturated heterocycles. The van der Waals surface area contributed by atoms with Crippen LogP contribution in [0, 0.1) is 11.3 Å². The number of Topliss-reactive ketones (excluding diaryl/α,β-unsaturated/α-hetero) is 1. The maximum Gasteiger partial charge on any atom is 0.417 e. The van der Waals surface area contributed by atoms with Crippen molar-refractivity contribution in [2.24, 2.45) is 0 Å². The number of nitrogens with one attached hydrogen (secondary N) is 1. The van der Waals surface area contributed by atoms with Crippen LogP contribution in [0.5, 0.6) is 0 Å². The minimum absolute atomic E-state index is 0.0725. The van der Waals surface area contributed by atoms with Crippen LogP contribution in [-0.2, 0) is 11.2 Å². The molecule has 0 amide bonds. The van der Waals surface area contributed by atoms with E-state index in [1.165, 1.54) is 0 Å². The van der Waals surface area contributed by atoms with E-state index in [1.54, 1.807) is 66.7 Å². The molecule has 0 fully saturated rings. The first-order valence-corrected chi connectivity index (χ1v) is 8.22. The number of carbonyl (C=O) groups excluding carboxylic acids is 1. The highest BCUT2D eigenvalue weighted by Crippen LogP contribution is 2.35. The summed E-state index contributed by atoms with van der Waals surface area (Å²) in [6.07, 6.45) is -3.92. The Morgan fingerprint density at radius 3 is 2.19 bits per heavy atom. The van der Waals surface area contributed by atoms with Gasteiger partial charge in [0.25, 0.3) is 0 Å². The number of hydrogen-bond acceptors (Lipinski definition) is 3. The van der Waals surface area contributed by atoms with Gasteiger partial charge in [0.2, 0.25) is 0 Å². The van der Waals surface area contributed by atoms with Crippen molar-refractivity contribution in [3.8, 4) is 6.07 Å². The van der Waals surface area contributed by atoms with Crippen LogP contribution in [0.25, 0.3) is 5.70 Å². The summed E-state index contributed by atoms with van der Waals surface area (Å²) in [4.78, 5) is 12.7. The lowest BCUT2D eigenvalue weighted by molar-refractivity contribution is -0.119. The van der Waals surface area contributed by atoms with Crippen molar-refractivity contribution in [2.75, 3.05) is 0 Å². The third-order valence-corrected chi connectivity index (χ3v) is 4.22. The summed E-state index contributed by atoms with van der Waals surface area (Å²) >= 11 is 0. The quantitative estimate of drug-likeness (QED) is 0.880. The third kappa shape index (κ3) is 4.09. The first-order chi connectivity index (χ1) is 12.9. The summed E-state index contributed by atoms with van der Waals surface area (Å²) < 4.78 is 40.6. The second-order valence-electron chi connectivity index (χ2n) is 6.07.